The summed E-state index contributed by atoms with van der Waals surface area (Å²) in [7, 11) is 0. The van der Waals surface area contributed by atoms with Crippen molar-refractivity contribution in [2.75, 3.05) is 0 Å². The lowest BCUT2D eigenvalue weighted by Crippen LogP contribution is -2.25. The lowest BCUT2D eigenvalue weighted by molar-refractivity contribution is -0.141. The van der Waals surface area contributed by atoms with Crippen molar-refractivity contribution in [1.29, 1.82) is 0 Å². The fourth-order valence-electron chi connectivity index (χ4n) is 2.55. The van der Waals surface area contributed by atoms with Crippen LogP contribution in [-0.4, -0.2) is 15.7 Å². The van der Waals surface area contributed by atoms with Gasteiger partial charge in [-0.3, -0.25) is 4.79 Å². The summed E-state index contributed by atoms with van der Waals surface area (Å²) in [5.74, 6) is -0.338. The number of hydrogen-bond donors (Lipinski definition) is 1. The lowest BCUT2D eigenvalue weighted by Gasteiger charge is -2.09. The van der Waals surface area contributed by atoms with E-state index in [1.165, 1.54) is 6.07 Å². The van der Waals surface area contributed by atoms with Crippen molar-refractivity contribution in [3.63, 3.8) is 0 Å². The predicted octanol–water partition coefficient (Wildman–Crippen LogP) is 5.06. The molecule has 0 saturated carbocycles. The Balaban J connectivity index is 1.79. The molecule has 0 aliphatic heterocycles. The molecule has 1 amide bonds. The van der Waals surface area contributed by atoms with E-state index in [2.05, 4.69) is 10.4 Å². The van der Waals surface area contributed by atoms with E-state index < -0.39 is 11.9 Å². The Kier molecular flexibility index (Phi) is 5.96. The van der Waals surface area contributed by atoms with Crippen LogP contribution in [0, 0.1) is 0 Å². The summed E-state index contributed by atoms with van der Waals surface area (Å²) in [6, 6.07) is 13.9. The molecule has 0 atom stereocenters. The molecule has 0 saturated heterocycles. The van der Waals surface area contributed by atoms with Crippen LogP contribution in [0.2, 0.25) is 10.0 Å². The molecule has 1 aromatic heterocycles. The smallest absolute Gasteiger partial charge is 0.350 e. The van der Waals surface area contributed by atoms with Gasteiger partial charge in [-0.25, -0.2) is 4.68 Å². The molecule has 9 heteroatoms. The van der Waals surface area contributed by atoms with Gasteiger partial charge >= 0.3 is 6.18 Å². The first-order chi connectivity index (χ1) is 13.2. The number of carbonyl (C=O) groups excluding carboxylic acids is 1. The topological polar surface area (TPSA) is 46.9 Å². The number of aromatic nitrogens is 2. The molecule has 0 fully saturated rings. The predicted molar refractivity (Wildman–Crippen MR) is 101 cm³/mol. The molecule has 0 bridgehead atoms. The molecule has 1 N–H and O–H groups in total. The molecule has 0 aliphatic carbocycles. The van der Waals surface area contributed by atoms with Gasteiger partial charge in [0.25, 0.3) is 0 Å². The first-order valence-electron chi connectivity index (χ1n) is 8.15. The number of carbonyl (C=O) groups is 1. The van der Waals surface area contributed by atoms with Crippen molar-refractivity contribution in [3.05, 3.63) is 81.6 Å². The molecular weight excluding hydrogens is 414 g/mol. The van der Waals surface area contributed by atoms with Crippen molar-refractivity contribution < 1.29 is 18.0 Å². The van der Waals surface area contributed by atoms with Gasteiger partial charge in [-0.15, -0.1) is 0 Å². The van der Waals surface area contributed by atoms with E-state index in [0.717, 1.165) is 16.3 Å². The minimum atomic E-state index is -4.61. The molecule has 0 unspecified atom stereocenters. The number of rotatable bonds is 5. The van der Waals surface area contributed by atoms with Gasteiger partial charge in [0.05, 0.1) is 24.3 Å². The molecule has 1 heterocycles. The largest absolute Gasteiger partial charge is 0.435 e. The van der Waals surface area contributed by atoms with Crippen LogP contribution >= 0.6 is 23.2 Å². The average Bonchev–Trinajstić information content (AvgIpc) is 3.07. The van der Waals surface area contributed by atoms with Gasteiger partial charge in [0, 0.05) is 10.0 Å². The Morgan fingerprint density at radius 1 is 1.04 bits per heavy atom. The van der Waals surface area contributed by atoms with Crippen LogP contribution < -0.4 is 5.32 Å². The maximum atomic E-state index is 13.1. The van der Waals surface area contributed by atoms with Gasteiger partial charge in [0.15, 0.2) is 5.69 Å². The summed E-state index contributed by atoms with van der Waals surface area (Å²) in [4.78, 5) is 12.2. The summed E-state index contributed by atoms with van der Waals surface area (Å²) in [5, 5.41) is 7.16. The van der Waals surface area contributed by atoms with Gasteiger partial charge in [-0.05, 0) is 42.0 Å². The van der Waals surface area contributed by atoms with Gasteiger partial charge in [-0.2, -0.15) is 18.3 Å². The number of halogens is 5. The molecular formula is C19H14Cl2F3N3O. The van der Waals surface area contributed by atoms with Crippen molar-refractivity contribution in [1.82, 2.24) is 15.1 Å². The highest BCUT2D eigenvalue weighted by Crippen LogP contribution is 2.30. The highest BCUT2D eigenvalue weighted by Gasteiger charge is 2.35. The molecule has 0 aliphatic rings. The van der Waals surface area contributed by atoms with E-state index >= 15 is 0 Å². The summed E-state index contributed by atoms with van der Waals surface area (Å²) in [6.07, 6.45) is -4.53. The number of nitrogens with one attached hydrogen (secondary N) is 1. The van der Waals surface area contributed by atoms with E-state index in [0.29, 0.717) is 15.7 Å². The third kappa shape index (κ3) is 5.05. The van der Waals surface area contributed by atoms with Crippen LogP contribution in [0.5, 0.6) is 0 Å². The van der Waals surface area contributed by atoms with Gasteiger partial charge in [-0.1, -0.05) is 41.4 Å². The Bertz CT molecular complexity index is 985. The van der Waals surface area contributed by atoms with Crippen molar-refractivity contribution in [2.24, 2.45) is 0 Å². The molecule has 146 valence electrons. The van der Waals surface area contributed by atoms with E-state index in [1.54, 1.807) is 42.5 Å². The molecule has 0 radical (unpaired) electrons. The SMILES string of the molecule is O=C(Cc1ccc(Cl)cc1)NCc1cc(C(F)(F)F)nn1-c1cccc(Cl)c1. The summed E-state index contributed by atoms with van der Waals surface area (Å²) in [5.41, 5.74) is 0.236. The average molecular weight is 428 g/mol. The van der Waals surface area contributed by atoms with Gasteiger partial charge in [0.2, 0.25) is 5.91 Å². The molecule has 3 rings (SSSR count). The quantitative estimate of drug-likeness (QED) is 0.618. The molecule has 3 aromatic rings. The van der Waals surface area contributed by atoms with Crippen LogP contribution in [0.4, 0.5) is 13.2 Å². The normalized spacial score (nSPS) is 11.5. The van der Waals surface area contributed by atoms with E-state index in [9.17, 15) is 18.0 Å². The second-order valence-corrected chi connectivity index (χ2v) is 6.86. The fraction of sp³-hybridized carbons (Fsp3) is 0.158. The van der Waals surface area contributed by atoms with E-state index in [4.69, 9.17) is 23.2 Å². The third-order valence-corrected chi connectivity index (χ3v) is 4.36. The Hall–Kier alpha value is -2.51. The first-order valence-corrected chi connectivity index (χ1v) is 8.91. The fourth-order valence-corrected chi connectivity index (χ4v) is 2.87. The van der Waals surface area contributed by atoms with Crippen LogP contribution in [0.25, 0.3) is 5.69 Å². The van der Waals surface area contributed by atoms with E-state index in [-0.39, 0.29) is 24.6 Å². The standard InChI is InChI=1S/C19H14Cl2F3N3O/c20-13-6-4-12(5-7-13)8-18(28)25-11-16-10-17(19(22,23)24)26-27(16)15-3-1-2-14(21)9-15/h1-7,9-10H,8,11H2,(H,25,28). The summed E-state index contributed by atoms with van der Waals surface area (Å²) < 4.78 is 40.4. The zero-order valence-corrected chi connectivity index (χ0v) is 15.8. The zero-order valence-electron chi connectivity index (χ0n) is 14.3. The second kappa shape index (κ2) is 8.24. The Labute approximate surface area is 168 Å². The summed E-state index contributed by atoms with van der Waals surface area (Å²) >= 11 is 11.7. The molecule has 2 aromatic carbocycles. The highest BCUT2D eigenvalue weighted by atomic mass is 35.5. The van der Waals surface area contributed by atoms with E-state index in [1.807, 2.05) is 0 Å². The number of alkyl halides is 3. The van der Waals surface area contributed by atoms with Crippen LogP contribution in [0.3, 0.4) is 0 Å². The van der Waals surface area contributed by atoms with Crippen LogP contribution in [-0.2, 0) is 23.9 Å². The number of benzene rings is 2. The highest BCUT2D eigenvalue weighted by molar-refractivity contribution is 6.30. The van der Waals surface area contributed by atoms with Crippen molar-refractivity contribution >= 4 is 29.1 Å². The first kappa shape index (κ1) is 20.2. The van der Waals surface area contributed by atoms with Crippen molar-refractivity contribution in [3.8, 4) is 5.69 Å². The summed E-state index contributed by atoms with van der Waals surface area (Å²) in [6.45, 7) is -0.123. The molecule has 0 spiro atoms. The van der Waals surface area contributed by atoms with Gasteiger partial charge < -0.3 is 5.32 Å². The Morgan fingerprint density at radius 2 is 1.75 bits per heavy atom. The number of nitrogens with zero attached hydrogens (tertiary/aromatic N) is 2. The molecule has 28 heavy (non-hydrogen) atoms. The maximum Gasteiger partial charge on any atom is 0.435 e. The number of hydrogen-bond acceptors (Lipinski definition) is 2. The van der Waals surface area contributed by atoms with Crippen molar-refractivity contribution in [2.45, 2.75) is 19.1 Å². The zero-order chi connectivity index (χ0) is 20.3. The van der Waals surface area contributed by atoms with Crippen LogP contribution in [0.1, 0.15) is 17.0 Å². The Morgan fingerprint density at radius 3 is 2.39 bits per heavy atom. The third-order valence-electron chi connectivity index (χ3n) is 3.87. The molecule has 4 nitrogen and oxygen atoms in total. The van der Waals surface area contributed by atoms with Gasteiger partial charge in [0.1, 0.15) is 0 Å². The second-order valence-electron chi connectivity index (χ2n) is 5.99. The minimum absolute atomic E-state index is 0.0780. The maximum absolute atomic E-state index is 13.1. The van der Waals surface area contributed by atoms with Crippen LogP contribution in [0.15, 0.2) is 54.6 Å². The monoisotopic (exact) mass is 427 g/mol. The number of amides is 1. The lowest BCUT2D eigenvalue weighted by atomic mass is 10.1. The minimum Gasteiger partial charge on any atom is -0.350 e.